The summed E-state index contributed by atoms with van der Waals surface area (Å²) in [5.41, 5.74) is 2.14. The highest BCUT2D eigenvalue weighted by molar-refractivity contribution is 7.96. The summed E-state index contributed by atoms with van der Waals surface area (Å²) in [6.45, 7) is 4.97. The predicted octanol–water partition coefficient (Wildman–Crippen LogP) is 4.71. The Morgan fingerprint density at radius 3 is 2.50 bits per heavy atom. The highest BCUT2D eigenvalue weighted by atomic mass is 35.5. The number of hydrogen-bond acceptors (Lipinski definition) is 6. The maximum atomic E-state index is 11.7. The second-order valence-electron chi connectivity index (χ2n) is 7.21. The molecule has 0 unspecified atom stereocenters. The van der Waals surface area contributed by atoms with Gasteiger partial charge >= 0.3 is 0 Å². The molecule has 0 aromatic heterocycles. The van der Waals surface area contributed by atoms with Gasteiger partial charge in [-0.25, -0.2) is 0 Å². The van der Waals surface area contributed by atoms with Crippen molar-refractivity contribution in [3.05, 3.63) is 59.2 Å². The van der Waals surface area contributed by atoms with E-state index < -0.39 is 5.41 Å². The van der Waals surface area contributed by atoms with Crippen LogP contribution in [0.1, 0.15) is 37.0 Å². The molecule has 0 atom stereocenters. The van der Waals surface area contributed by atoms with E-state index in [-0.39, 0.29) is 18.9 Å². The van der Waals surface area contributed by atoms with E-state index in [0.29, 0.717) is 29.5 Å². The van der Waals surface area contributed by atoms with Gasteiger partial charge in [-0.2, -0.15) is 5.26 Å². The van der Waals surface area contributed by atoms with Crippen molar-refractivity contribution in [1.82, 2.24) is 4.72 Å². The smallest absolute Gasteiger partial charge is 0.184 e. The summed E-state index contributed by atoms with van der Waals surface area (Å²) in [7, 11) is 0. The number of rotatable bonds is 12. The summed E-state index contributed by atoms with van der Waals surface area (Å²) in [4.78, 5) is 11.7. The molecule has 0 aliphatic heterocycles. The summed E-state index contributed by atoms with van der Waals surface area (Å²) >= 11 is 7.08. The van der Waals surface area contributed by atoms with E-state index >= 15 is 0 Å². The van der Waals surface area contributed by atoms with Crippen molar-refractivity contribution in [2.75, 3.05) is 31.9 Å². The van der Waals surface area contributed by atoms with E-state index in [4.69, 9.17) is 21.1 Å². The number of ether oxygens (including phenoxy) is 2. The Hall–Kier alpha value is -2.20. The van der Waals surface area contributed by atoms with Crippen molar-refractivity contribution in [2.24, 2.45) is 0 Å². The Morgan fingerprint density at radius 2 is 1.87 bits per heavy atom. The first-order chi connectivity index (χ1) is 14.4. The number of Topliss-reactive ketones (excluding diaryl/α,β-unsaturated/α-hetero) is 1. The third-order valence-electron chi connectivity index (χ3n) is 4.72. The lowest BCUT2D eigenvalue weighted by Crippen LogP contribution is -2.22. The number of alkyl halides is 1. The first kappa shape index (κ1) is 24.1. The van der Waals surface area contributed by atoms with Gasteiger partial charge in [-0.05, 0) is 48.1 Å². The molecular weight excluding hydrogens is 420 g/mol. The minimum Gasteiger partial charge on any atom is -0.494 e. The highest BCUT2D eigenvalue weighted by Crippen LogP contribution is 2.35. The van der Waals surface area contributed by atoms with Gasteiger partial charge in [0.1, 0.15) is 18.1 Å². The van der Waals surface area contributed by atoms with E-state index in [9.17, 15) is 10.1 Å². The van der Waals surface area contributed by atoms with Crippen molar-refractivity contribution in [3.8, 4) is 17.6 Å². The predicted molar refractivity (Wildman–Crippen MR) is 123 cm³/mol. The normalized spacial score (nSPS) is 11.0. The number of carbonyl (C=O) groups is 1. The zero-order valence-electron chi connectivity index (χ0n) is 17.5. The molecule has 5 nitrogen and oxygen atoms in total. The van der Waals surface area contributed by atoms with Crippen molar-refractivity contribution in [2.45, 2.75) is 25.7 Å². The fraction of sp³-hybridized carbons (Fsp3) is 0.391. The average molecular weight is 447 g/mol. The number of hydrogen-bond donors (Lipinski definition) is 1. The minimum absolute atomic E-state index is 0.0132. The molecule has 0 aliphatic carbocycles. The molecule has 0 aliphatic rings. The van der Waals surface area contributed by atoms with Crippen LogP contribution in [-0.2, 0) is 10.2 Å². The number of ketones is 1. The SMILES string of the molecule is CSNCC(=O)COc1ccc(C(C)(C)c2ccc(OCCCCl)cc2C#N)cc1. The molecule has 7 heteroatoms. The summed E-state index contributed by atoms with van der Waals surface area (Å²) in [5, 5.41) is 9.67. The van der Waals surface area contributed by atoms with Crippen LogP contribution in [0.3, 0.4) is 0 Å². The van der Waals surface area contributed by atoms with Crippen LogP contribution in [0.25, 0.3) is 0 Å². The summed E-state index contributed by atoms with van der Waals surface area (Å²) in [6.07, 6.45) is 2.62. The second-order valence-corrected chi connectivity index (χ2v) is 8.29. The largest absolute Gasteiger partial charge is 0.494 e. The van der Waals surface area contributed by atoms with E-state index in [1.54, 1.807) is 6.07 Å². The van der Waals surface area contributed by atoms with Crippen LogP contribution in [0.15, 0.2) is 42.5 Å². The Bertz CT molecular complexity index is 879. The third kappa shape index (κ3) is 6.66. The van der Waals surface area contributed by atoms with Crippen LogP contribution in [0.5, 0.6) is 11.5 Å². The summed E-state index contributed by atoms with van der Waals surface area (Å²) in [6, 6.07) is 15.5. The molecule has 2 aromatic carbocycles. The van der Waals surface area contributed by atoms with Crippen molar-refractivity contribution in [3.63, 3.8) is 0 Å². The zero-order valence-corrected chi connectivity index (χ0v) is 19.1. The Labute approximate surface area is 187 Å². The van der Waals surface area contributed by atoms with Gasteiger partial charge < -0.3 is 9.47 Å². The van der Waals surface area contributed by atoms with E-state index in [0.717, 1.165) is 17.5 Å². The molecular formula is C23H27ClN2O3S. The highest BCUT2D eigenvalue weighted by Gasteiger charge is 2.26. The Kier molecular flexibility index (Phi) is 9.51. The molecule has 30 heavy (non-hydrogen) atoms. The molecule has 2 aromatic rings. The number of nitriles is 1. The number of benzene rings is 2. The molecule has 160 valence electrons. The molecule has 0 radical (unpaired) electrons. The van der Waals surface area contributed by atoms with Gasteiger partial charge in [0.25, 0.3) is 0 Å². The van der Waals surface area contributed by atoms with Gasteiger partial charge in [0.05, 0.1) is 24.8 Å². The molecule has 0 bridgehead atoms. The molecule has 0 spiro atoms. The van der Waals surface area contributed by atoms with Gasteiger partial charge in [0.2, 0.25) is 0 Å². The van der Waals surface area contributed by atoms with Gasteiger partial charge in [-0.1, -0.05) is 44.0 Å². The second kappa shape index (κ2) is 11.8. The van der Waals surface area contributed by atoms with E-state index in [1.165, 1.54) is 11.9 Å². The van der Waals surface area contributed by atoms with E-state index in [1.807, 2.05) is 42.7 Å². The quantitative estimate of drug-likeness (QED) is 0.289. The number of halogens is 1. The Morgan fingerprint density at radius 1 is 1.17 bits per heavy atom. The fourth-order valence-electron chi connectivity index (χ4n) is 2.99. The molecule has 1 N–H and O–H groups in total. The van der Waals surface area contributed by atoms with Gasteiger partial charge in [0.15, 0.2) is 5.78 Å². The zero-order chi connectivity index (χ0) is 22.0. The molecule has 2 rings (SSSR count). The van der Waals surface area contributed by atoms with Gasteiger partial charge in [0, 0.05) is 11.3 Å². The first-order valence-corrected chi connectivity index (χ1v) is 11.4. The molecule has 0 amide bonds. The molecule has 0 heterocycles. The number of nitrogens with zero attached hydrogens (tertiary/aromatic N) is 1. The third-order valence-corrected chi connectivity index (χ3v) is 5.42. The van der Waals surface area contributed by atoms with Crippen LogP contribution in [0.2, 0.25) is 0 Å². The van der Waals surface area contributed by atoms with Gasteiger partial charge in [-0.15, -0.1) is 11.6 Å². The van der Waals surface area contributed by atoms with Crippen LogP contribution in [0, 0.1) is 11.3 Å². The maximum Gasteiger partial charge on any atom is 0.184 e. The first-order valence-electron chi connectivity index (χ1n) is 9.66. The lowest BCUT2D eigenvalue weighted by atomic mass is 9.76. The summed E-state index contributed by atoms with van der Waals surface area (Å²) < 4.78 is 14.1. The average Bonchev–Trinajstić information content (AvgIpc) is 2.76. The molecule has 0 saturated carbocycles. The van der Waals surface area contributed by atoms with Crippen LogP contribution in [-0.4, -0.2) is 37.7 Å². The standard InChI is InChI=1S/C23H27ClN2O3S/c1-23(2,22-10-9-21(13-17(22)14-25)28-12-4-11-24)18-5-7-20(8-6-18)29-16-19(27)15-26-30-3/h5-10,13,26H,4,11-12,15-16H2,1-3H3. The topological polar surface area (TPSA) is 71.3 Å². The summed E-state index contributed by atoms with van der Waals surface area (Å²) in [5.74, 6) is 1.83. The molecule has 0 fully saturated rings. The monoisotopic (exact) mass is 446 g/mol. The fourth-order valence-corrected chi connectivity index (χ4v) is 3.40. The lowest BCUT2D eigenvalue weighted by Gasteiger charge is -2.27. The Balaban J connectivity index is 2.12. The van der Waals surface area contributed by atoms with Crippen molar-refractivity contribution >= 4 is 29.3 Å². The van der Waals surface area contributed by atoms with Gasteiger partial charge in [-0.3, -0.25) is 9.52 Å². The molecule has 0 saturated heterocycles. The number of carbonyl (C=O) groups excluding carboxylic acids is 1. The van der Waals surface area contributed by atoms with Crippen LogP contribution in [0.4, 0.5) is 0 Å². The van der Waals surface area contributed by atoms with E-state index in [2.05, 4.69) is 24.6 Å². The number of nitrogens with one attached hydrogen (secondary N) is 1. The van der Waals surface area contributed by atoms with Crippen molar-refractivity contribution in [1.29, 1.82) is 5.26 Å². The van der Waals surface area contributed by atoms with Crippen molar-refractivity contribution < 1.29 is 14.3 Å². The van der Waals surface area contributed by atoms with Crippen LogP contribution < -0.4 is 14.2 Å². The van der Waals surface area contributed by atoms with Crippen LogP contribution >= 0.6 is 23.5 Å². The maximum absolute atomic E-state index is 11.7. The lowest BCUT2D eigenvalue weighted by molar-refractivity contribution is -0.119. The minimum atomic E-state index is -0.393.